The Morgan fingerprint density at radius 2 is 1.80 bits per heavy atom. The average Bonchev–Trinajstić information content (AvgIpc) is 2.47. The van der Waals surface area contributed by atoms with Gasteiger partial charge in [0, 0.05) is 5.54 Å². The summed E-state index contributed by atoms with van der Waals surface area (Å²) in [5.41, 5.74) is 5.93. The minimum Gasteiger partial charge on any atom is -0.374 e. The molecule has 1 unspecified atom stereocenters. The van der Waals surface area contributed by atoms with E-state index in [1.165, 1.54) is 0 Å². The van der Waals surface area contributed by atoms with E-state index in [2.05, 4.69) is 6.92 Å². The first kappa shape index (κ1) is 8.02. The Labute approximate surface area is 62.7 Å². The van der Waals surface area contributed by atoms with Gasteiger partial charge in [-0.15, -0.1) is 0 Å². The Morgan fingerprint density at radius 3 is 2.10 bits per heavy atom. The summed E-state index contributed by atoms with van der Waals surface area (Å²) < 4.78 is 5.55. The van der Waals surface area contributed by atoms with Crippen LogP contribution in [0.1, 0.15) is 33.6 Å². The third-order valence-electron chi connectivity index (χ3n) is 2.11. The van der Waals surface area contributed by atoms with E-state index in [4.69, 9.17) is 10.5 Å². The molecule has 0 heterocycles. The molecule has 1 rings (SSSR count). The van der Waals surface area contributed by atoms with Crippen LogP contribution in [0.25, 0.3) is 0 Å². The van der Waals surface area contributed by atoms with Gasteiger partial charge in [0.25, 0.3) is 0 Å². The number of rotatable bonds is 3. The fourth-order valence-electron chi connectivity index (χ4n) is 1.09. The van der Waals surface area contributed by atoms with Gasteiger partial charge in [0.2, 0.25) is 0 Å². The summed E-state index contributed by atoms with van der Waals surface area (Å²) in [5, 5.41) is 0. The number of ether oxygens (including phenoxy) is 1. The van der Waals surface area contributed by atoms with E-state index in [1.807, 2.05) is 13.8 Å². The Morgan fingerprint density at radius 1 is 1.30 bits per heavy atom. The van der Waals surface area contributed by atoms with Crippen LogP contribution in [0.2, 0.25) is 0 Å². The fraction of sp³-hybridized carbons (Fsp3) is 1.00. The summed E-state index contributed by atoms with van der Waals surface area (Å²) in [6.45, 7) is 6.15. The minimum atomic E-state index is 0.0181. The summed E-state index contributed by atoms with van der Waals surface area (Å²) in [5.74, 6) is 0. The zero-order chi connectivity index (χ0) is 7.78. The van der Waals surface area contributed by atoms with Gasteiger partial charge in [-0.05, 0) is 33.6 Å². The molecule has 0 aromatic rings. The van der Waals surface area contributed by atoms with Gasteiger partial charge in [-0.2, -0.15) is 0 Å². The molecular formula is C8H17NO. The quantitative estimate of drug-likeness (QED) is 0.646. The lowest BCUT2D eigenvalue weighted by Crippen LogP contribution is -2.38. The molecule has 0 spiro atoms. The maximum absolute atomic E-state index is 5.91. The highest BCUT2D eigenvalue weighted by Crippen LogP contribution is 2.37. The molecule has 2 N–H and O–H groups in total. The van der Waals surface area contributed by atoms with Gasteiger partial charge in [-0.3, -0.25) is 0 Å². The van der Waals surface area contributed by atoms with Crippen LogP contribution in [0.4, 0.5) is 0 Å². The van der Waals surface area contributed by atoms with Gasteiger partial charge < -0.3 is 10.5 Å². The normalized spacial score (nSPS) is 24.9. The van der Waals surface area contributed by atoms with E-state index in [9.17, 15) is 0 Å². The zero-order valence-corrected chi connectivity index (χ0v) is 7.05. The fourth-order valence-corrected chi connectivity index (χ4v) is 1.09. The molecule has 2 heteroatoms. The molecule has 2 nitrogen and oxygen atoms in total. The van der Waals surface area contributed by atoms with E-state index in [0.717, 1.165) is 12.8 Å². The second kappa shape index (κ2) is 2.51. The minimum absolute atomic E-state index is 0.0181. The van der Waals surface area contributed by atoms with Crippen molar-refractivity contribution in [3.63, 3.8) is 0 Å². The van der Waals surface area contributed by atoms with E-state index >= 15 is 0 Å². The summed E-state index contributed by atoms with van der Waals surface area (Å²) in [6, 6.07) is 0. The number of hydrogen-bond acceptors (Lipinski definition) is 2. The first-order valence-electron chi connectivity index (χ1n) is 3.99. The van der Waals surface area contributed by atoms with Crippen molar-refractivity contribution >= 4 is 0 Å². The summed E-state index contributed by atoms with van der Waals surface area (Å²) in [4.78, 5) is 0. The molecule has 0 aromatic carbocycles. The molecule has 1 fully saturated rings. The lowest BCUT2D eigenvalue weighted by Gasteiger charge is -2.21. The summed E-state index contributed by atoms with van der Waals surface area (Å²) in [6.07, 6.45) is 2.78. The Bertz CT molecular complexity index is 118. The maximum atomic E-state index is 5.91. The van der Waals surface area contributed by atoms with E-state index in [1.54, 1.807) is 0 Å². The van der Waals surface area contributed by atoms with Crippen molar-refractivity contribution in [3.8, 4) is 0 Å². The predicted molar refractivity (Wildman–Crippen MR) is 41.8 cm³/mol. The molecule has 1 atom stereocenters. The van der Waals surface area contributed by atoms with Crippen molar-refractivity contribution in [1.29, 1.82) is 0 Å². The average molecular weight is 143 g/mol. The highest BCUT2D eigenvalue weighted by molar-refractivity contribution is 5.03. The second-order valence-electron chi connectivity index (χ2n) is 3.56. The monoisotopic (exact) mass is 143 g/mol. The summed E-state index contributed by atoms with van der Waals surface area (Å²) >= 11 is 0. The van der Waals surface area contributed by atoms with Crippen LogP contribution in [0.3, 0.4) is 0 Å². The van der Waals surface area contributed by atoms with Crippen molar-refractivity contribution in [2.75, 3.05) is 0 Å². The molecule has 0 amide bonds. The van der Waals surface area contributed by atoms with Crippen LogP contribution >= 0.6 is 0 Å². The predicted octanol–water partition coefficient (Wildman–Crippen LogP) is 1.29. The van der Waals surface area contributed by atoms with Gasteiger partial charge >= 0.3 is 0 Å². The lowest BCUT2D eigenvalue weighted by molar-refractivity contribution is -0.00126. The van der Waals surface area contributed by atoms with Gasteiger partial charge in [-0.25, -0.2) is 0 Å². The van der Waals surface area contributed by atoms with E-state index in [-0.39, 0.29) is 11.6 Å². The van der Waals surface area contributed by atoms with Crippen LogP contribution < -0.4 is 5.73 Å². The Kier molecular flexibility index (Phi) is 2.02. The molecule has 1 aliphatic carbocycles. The molecule has 0 radical (unpaired) electrons. The third kappa shape index (κ3) is 1.70. The molecular weight excluding hydrogens is 126 g/mol. The largest absolute Gasteiger partial charge is 0.374 e. The maximum Gasteiger partial charge on any atom is 0.0729 e. The van der Waals surface area contributed by atoms with Gasteiger partial charge in [0.1, 0.15) is 0 Å². The van der Waals surface area contributed by atoms with Crippen molar-refractivity contribution < 1.29 is 4.74 Å². The van der Waals surface area contributed by atoms with E-state index < -0.39 is 0 Å². The molecule has 0 bridgehead atoms. The molecule has 0 aromatic heterocycles. The van der Waals surface area contributed by atoms with Crippen LogP contribution in [0, 0.1) is 0 Å². The smallest absolute Gasteiger partial charge is 0.0729 e. The first-order valence-corrected chi connectivity index (χ1v) is 3.99. The van der Waals surface area contributed by atoms with Crippen LogP contribution in [-0.2, 0) is 4.74 Å². The third-order valence-corrected chi connectivity index (χ3v) is 2.11. The van der Waals surface area contributed by atoms with Crippen LogP contribution in [-0.4, -0.2) is 17.7 Å². The van der Waals surface area contributed by atoms with Crippen LogP contribution in [0.5, 0.6) is 0 Å². The summed E-state index contributed by atoms with van der Waals surface area (Å²) in [7, 11) is 0. The Hall–Kier alpha value is -0.0800. The van der Waals surface area contributed by atoms with Gasteiger partial charge in [-0.1, -0.05) is 0 Å². The SMILES string of the molecule is CC(C)OC(C)C1(N)CC1. The van der Waals surface area contributed by atoms with Crippen molar-refractivity contribution in [3.05, 3.63) is 0 Å². The second-order valence-corrected chi connectivity index (χ2v) is 3.56. The first-order chi connectivity index (χ1) is 4.54. The molecule has 10 heavy (non-hydrogen) atoms. The topological polar surface area (TPSA) is 35.2 Å². The number of hydrogen-bond donors (Lipinski definition) is 1. The zero-order valence-electron chi connectivity index (χ0n) is 7.05. The van der Waals surface area contributed by atoms with Gasteiger partial charge in [0.05, 0.1) is 12.2 Å². The highest BCUT2D eigenvalue weighted by atomic mass is 16.5. The number of nitrogens with two attached hydrogens (primary N) is 1. The highest BCUT2D eigenvalue weighted by Gasteiger charge is 2.44. The standard InChI is InChI=1S/C8H17NO/c1-6(2)10-7(3)8(9)4-5-8/h6-7H,4-5,9H2,1-3H3. The van der Waals surface area contributed by atoms with E-state index in [0.29, 0.717) is 6.10 Å². The van der Waals surface area contributed by atoms with Gasteiger partial charge in [0.15, 0.2) is 0 Å². The van der Waals surface area contributed by atoms with Crippen LogP contribution in [0.15, 0.2) is 0 Å². The molecule has 1 aliphatic rings. The molecule has 0 saturated heterocycles. The molecule has 60 valence electrons. The van der Waals surface area contributed by atoms with Crippen molar-refractivity contribution in [2.45, 2.75) is 51.4 Å². The molecule has 1 saturated carbocycles. The molecule has 0 aliphatic heterocycles. The van der Waals surface area contributed by atoms with Crippen molar-refractivity contribution in [1.82, 2.24) is 0 Å². The van der Waals surface area contributed by atoms with Crippen molar-refractivity contribution in [2.24, 2.45) is 5.73 Å². The lowest BCUT2D eigenvalue weighted by atomic mass is 10.2. The Balaban J connectivity index is 2.28.